The molecule has 10 heteroatoms. The lowest BCUT2D eigenvalue weighted by atomic mass is 10.5. The van der Waals surface area contributed by atoms with Crippen molar-refractivity contribution in [2.75, 3.05) is 0 Å². The minimum absolute atomic E-state index is 0.295. The monoisotopic (exact) mass is 666 g/mol. The number of hydrogen-bond donors (Lipinski definition) is 0. The fourth-order valence-corrected chi connectivity index (χ4v) is 62.8. The van der Waals surface area contributed by atoms with Crippen molar-refractivity contribution in [1.29, 1.82) is 0 Å². The summed E-state index contributed by atoms with van der Waals surface area (Å²) in [5.74, 6) is 0. The van der Waals surface area contributed by atoms with Crippen molar-refractivity contribution in [2.45, 2.75) is 194 Å². The molecule has 0 aliphatic carbocycles. The Morgan fingerprint density at radius 3 is 0.600 bits per heavy atom. The molecule has 1 fully saturated rings. The van der Waals surface area contributed by atoms with Crippen LogP contribution in [0.25, 0.3) is 0 Å². The van der Waals surface area contributed by atoms with Crippen molar-refractivity contribution >= 4 is 51.3 Å². The van der Waals surface area contributed by atoms with Gasteiger partial charge in [0.1, 0.15) is 0 Å². The van der Waals surface area contributed by atoms with Crippen LogP contribution in [0, 0.1) is 0 Å². The van der Waals surface area contributed by atoms with E-state index in [0.717, 1.165) is 0 Å². The standard InChI is InChI=1S/C30H70O4SSi5/c1-21(2)36(22(3)4)31-37(23(5)6,24(7)8)33-39(27(13)14,28(15)16)35-40(29(17)18,30(19)20)34-38(32-36,25(9)10)26(11)12/h21-30H,1-20H3. The normalized spacial score (nSPS) is 23.2. The second kappa shape index (κ2) is 14.1. The maximum absolute atomic E-state index is 8.09. The second-order valence-corrected chi connectivity index (χ2v) is 44.2. The van der Waals surface area contributed by atoms with Crippen LogP contribution in [-0.4, -0.2) is 40.6 Å². The SMILES string of the molecule is CC(C)[Si]1(C(C)C)O[Si](C(C)C)(C(C)C)O[Si](C(C)C)(C(C)C)S[Si](C(C)C)(C(C)C)O[Si](C(C)C)(C(C)C)O1. The van der Waals surface area contributed by atoms with Crippen LogP contribution >= 0.6 is 10.7 Å². The second-order valence-electron chi connectivity index (χ2n) is 15.7. The van der Waals surface area contributed by atoms with Gasteiger partial charge in [-0.2, -0.15) is 0 Å². The molecule has 0 unspecified atom stereocenters. The molecule has 0 radical (unpaired) electrons. The lowest BCUT2D eigenvalue weighted by molar-refractivity contribution is 0.233. The van der Waals surface area contributed by atoms with Crippen LogP contribution in [0.4, 0.5) is 0 Å². The fourth-order valence-electron chi connectivity index (χ4n) is 7.04. The first-order valence-electron chi connectivity index (χ1n) is 16.5. The first-order chi connectivity index (χ1) is 18.0. The van der Waals surface area contributed by atoms with Crippen LogP contribution in [0.15, 0.2) is 0 Å². The van der Waals surface area contributed by atoms with E-state index >= 15 is 0 Å². The summed E-state index contributed by atoms with van der Waals surface area (Å²) in [5.41, 5.74) is 3.69. The van der Waals surface area contributed by atoms with Gasteiger partial charge in [-0.15, -0.1) is 10.7 Å². The van der Waals surface area contributed by atoms with E-state index in [1.54, 1.807) is 0 Å². The maximum Gasteiger partial charge on any atom is 0.325 e. The molecule has 0 bridgehead atoms. The van der Waals surface area contributed by atoms with Crippen LogP contribution in [0.3, 0.4) is 0 Å². The average molecular weight is 667 g/mol. The third-order valence-electron chi connectivity index (χ3n) is 9.64. The third kappa shape index (κ3) is 6.91. The Morgan fingerprint density at radius 1 is 0.275 bits per heavy atom. The van der Waals surface area contributed by atoms with Crippen molar-refractivity contribution in [2.24, 2.45) is 0 Å². The minimum atomic E-state index is -2.85. The molecular formula is C30H70O4SSi5. The molecule has 0 aromatic carbocycles. The molecule has 0 spiro atoms. The summed E-state index contributed by atoms with van der Waals surface area (Å²) in [5, 5.41) is 0. The highest BCUT2D eigenvalue weighted by molar-refractivity contribution is 8.49. The van der Waals surface area contributed by atoms with Crippen LogP contribution in [0.5, 0.6) is 0 Å². The van der Waals surface area contributed by atoms with Crippen LogP contribution in [0.2, 0.25) is 55.4 Å². The molecule has 0 saturated carbocycles. The topological polar surface area (TPSA) is 36.9 Å². The Balaban J connectivity index is 4.57. The lowest BCUT2D eigenvalue weighted by Gasteiger charge is -2.60. The molecular weight excluding hydrogens is 597 g/mol. The highest BCUT2D eigenvalue weighted by atomic mass is 32.5. The molecule has 1 saturated heterocycles. The molecule has 0 amide bonds. The smallest absolute Gasteiger partial charge is 0.325 e. The van der Waals surface area contributed by atoms with Crippen molar-refractivity contribution < 1.29 is 16.5 Å². The predicted octanol–water partition coefficient (Wildman–Crippen LogP) is 12.1. The molecule has 0 atom stereocenters. The average Bonchev–Trinajstić information content (AvgIpc) is 2.79. The van der Waals surface area contributed by atoms with E-state index in [1.165, 1.54) is 0 Å². The van der Waals surface area contributed by atoms with Gasteiger partial charge in [-0.3, -0.25) is 0 Å². The number of rotatable bonds is 10. The van der Waals surface area contributed by atoms with Gasteiger partial charge >= 0.3 is 25.7 Å². The highest BCUT2D eigenvalue weighted by Gasteiger charge is 2.68. The van der Waals surface area contributed by atoms with E-state index in [-0.39, 0.29) is 0 Å². The van der Waals surface area contributed by atoms with Crippen molar-refractivity contribution in [3.05, 3.63) is 0 Å². The van der Waals surface area contributed by atoms with Crippen LogP contribution in [0.1, 0.15) is 138 Å². The molecule has 1 aliphatic heterocycles. The van der Waals surface area contributed by atoms with Crippen molar-refractivity contribution in [3.63, 3.8) is 0 Å². The lowest BCUT2D eigenvalue weighted by Crippen LogP contribution is -2.72. The van der Waals surface area contributed by atoms with Gasteiger partial charge < -0.3 is 16.5 Å². The van der Waals surface area contributed by atoms with Crippen molar-refractivity contribution in [1.82, 2.24) is 0 Å². The first kappa shape index (κ1) is 39.3. The largest absolute Gasteiger partial charge is 0.427 e. The molecule has 4 nitrogen and oxygen atoms in total. The Kier molecular flexibility index (Phi) is 13.9. The summed E-state index contributed by atoms with van der Waals surface area (Å²) in [6, 6.07) is 0. The first-order valence-corrected chi connectivity index (χ1v) is 28.8. The third-order valence-corrected chi connectivity index (χ3v) is 51.4. The summed E-state index contributed by atoms with van der Waals surface area (Å²) in [4.78, 5) is 0. The van der Waals surface area contributed by atoms with Gasteiger partial charge in [0.2, 0.25) is 14.9 Å². The molecule has 1 aliphatic rings. The van der Waals surface area contributed by atoms with E-state index < -0.39 is 40.6 Å². The van der Waals surface area contributed by atoms with E-state index in [0.29, 0.717) is 55.4 Å². The molecule has 0 N–H and O–H groups in total. The fraction of sp³-hybridized carbons (Fsp3) is 1.00. The van der Waals surface area contributed by atoms with Crippen molar-refractivity contribution in [3.8, 4) is 0 Å². The van der Waals surface area contributed by atoms with Gasteiger partial charge in [-0.05, 0) is 55.4 Å². The van der Waals surface area contributed by atoms with Gasteiger partial charge in [-0.1, -0.05) is 138 Å². The molecule has 1 rings (SSSR count). The molecule has 0 aromatic heterocycles. The zero-order valence-corrected chi connectivity index (χ0v) is 36.1. The van der Waals surface area contributed by atoms with Crippen LogP contribution < -0.4 is 0 Å². The Labute approximate surface area is 260 Å². The molecule has 240 valence electrons. The Morgan fingerprint density at radius 2 is 0.450 bits per heavy atom. The predicted molar refractivity (Wildman–Crippen MR) is 192 cm³/mol. The molecule has 1 heterocycles. The van der Waals surface area contributed by atoms with E-state index in [4.69, 9.17) is 16.5 Å². The summed E-state index contributed by atoms with van der Waals surface area (Å²) in [6.07, 6.45) is 0. The zero-order chi connectivity index (χ0) is 31.8. The molecule has 40 heavy (non-hydrogen) atoms. The van der Waals surface area contributed by atoms with Gasteiger partial charge in [-0.25, -0.2) is 0 Å². The van der Waals surface area contributed by atoms with E-state index in [2.05, 4.69) is 149 Å². The summed E-state index contributed by atoms with van der Waals surface area (Å²) >= 11 is 0. The van der Waals surface area contributed by atoms with E-state index in [9.17, 15) is 0 Å². The summed E-state index contributed by atoms with van der Waals surface area (Å²) < 4.78 is 32.1. The Hall–Kier alpha value is 1.27. The van der Waals surface area contributed by atoms with Gasteiger partial charge in [0.25, 0.3) is 0 Å². The minimum Gasteiger partial charge on any atom is -0.427 e. The van der Waals surface area contributed by atoms with Gasteiger partial charge in [0.15, 0.2) is 0 Å². The number of hydrogen-bond acceptors (Lipinski definition) is 5. The van der Waals surface area contributed by atoms with Crippen LogP contribution in [-0.2, 0) is 16.5 Å². The quantitative estimate of drug-likeness (QED) is 0.217. The highest BCUT2D eigenvalue weighted by Crippen LogP contribution is 2.60. The molecule has 0 aromatic rings. The maximum atomic E-state index is 8.09. The summed E-state index contributed by atoms with van der Waals surface area (Å²) in [7, 11) is -11.1. The van der Waals surface area contributed by atoms with Gasteiger partial charge in [0, 0.05) is 0 Å². The Bertz CT molecular complexity index is 588. The zero-order valence-electron chi connectivity index (χ0n) is 30.3. The van der Waals surface area contributed by atoms with Gasteiger partial charge in [0.05, 0.1) is 0 Å². The summed E-state index contributed by atoms with van der Waals surface area (Å²) in [6.45, 7) is 48.0. The van der Waals surface area contributed by atoms with E-state index in [1.807, 2.05) is 0 Å².